The molecule has 0 saturated heterocycles. The van der Waals surface area contributed by atoms with Gasteiger partial charge < -0.3 is 9.32 Å². The van der Waals surface area contributed by atoms with Crippen LogP contribution in [-0.4, -0.2) is 0 Å². The molecule has 0 N–H and O–H groups in total. The molecule has 2 heterocycles. The van der Waals surface area contributed by atoms with E-state index in [-0.39, 0.29) is 0 Å². The minimum Gasteiger partial charge on any atom is -0.453 e. The molecule has 0 fully saturated rings. The van der Waals surface area contributed by atoms with Crippen LogP contribution in [0.25, 0.3) is 85.9 Å². The van der Waals surface area contributed by atoms with Gasteiger partial charge in [-0.25, -0.2) is 0 Å². The molecule has 9 aromatic carbocycles. The summed E-state index contributed by atoms with van der Waals surface area (Å²) in [5.41, 5.74) is 9.68. The Kier molecular flexibility index (Phi) is 6.76. The van der Waals surface area contributed by atoms with Gasteiger partial charge in [-0.2, -0.15) is 0 Å². The molecule has 0 atom stereocenters. The molecular weight excluding hydrogens is 663 g/mol. The minimum absolute atomic E-state index is 0.867. The fourth-order valence-electron chi connectivity index (χ4n) is 8.30. The monoisotopic (exact) mass is 693 g/mol. The number of furan rings is 1. The van der Waals surface area contributed by atoms with Gasteiger partial charge in [0.1, 0.15) is 5.58 Å². The summed E-state index contributed by atoms with van der Waals surface area (Å²) in [6, 6.07) is 67.8. The van der Waals surface area contributed by atoms with Crippen molar-refractivity contribution in [2.75, 3.05) is 4.90 Å². The third kappa shape index (κ3) is 4.64. The van der Waals surface area contributed by atoms with E-state index in [1.54, 1.807) is 0 Å². The second-order valence-electron chi connectivity index (χ2n) is 13.6. The summed E-state index contributed by atoms with van der Waals surface area (Å²) >= 11 is 1.85. The standard InChI is InChI=1S/C50H31NOS/c1-2-14-33(15-3-1)35-22-11-24-41-42-25-12-27-45(49(42)52-48(35)41)51(46-28-13-26-43-40-21-8-9-29-47(40)53-50(43)46)44-31-30-38(37-19-6-7-20-39(37)44)36-23-10-17-32-16-4-5-18-34(32)36/h1-31H. The Bertz CT molecular complexity index is 3180. The first kappa shape index (κ1) is 30.0. The maximum atomic E-state index is 7.08. The van der Waals surface area contributed by atoms with Gasteiger partial charge in [-0.1, -0.05) is 164 Å². The van der Waals surface area contributed by atoms with Crippen molar-refractivity contribution < 1.29 is 4.42 Å². The third-order valence-electron chi connectivity index (χ3n) is 10.7. The molecule has 3 heteroatoms. The highest BCUT2D eigenvalue weighted by molar-refractivity contribution is 7.26. The van der Waals surface area contributed by atoms with E-state index in [0.29, 0.717) is 0 Å². The molecule has 0 aliphatic heterocycles. The Labute approximate surface area is 310 Å². The SMILES string of the molecule is c1ccc(-c2cccc3c2oc2c(N(c4ccc(-c5cccc6ccccc56)c5ccccc45)c4cccc5c4sc4ccccc45)cccc23)cc1. The summed E-state index contributed by atoms with van der Waals surface area (Å²) in [5.74, 6) is 0. The topological polar surface area (TPSA) is 16.4 Å². The quantitative estimate of drug-likeness (QED) is 0.178. The fraction of sp³-hybridized carbons (Fsp3) is 0. The van der Waals surface area contributed by atoms with Crippen LogP contribution in [0.5, 0.6) is 0 Å². The lowest BCUT2D eigenvalue weighted by atomic mass is 9.93. The van der Waals surface area contributed by atoms with Crippen LogP contribution in [0, 0.1) is 0 Å². The molecule has 11 rings (SSSR count). The molecule has 0 amide bonds. The van der Waals surface area contributed by atoms with Crippen LogP contribution < -0.4 is 4.90 Å². The summed E-state index contributed by atoms with van der Waals surface area (Å²) < 4.78 is 9.60. The van der Waals surface area contributed by atoms with Crippen molar-refractivity contribution in [2.24, 2.45) is 0 Å². The van der Waals surface area contributed by atoms with E-state index in [9.17, 15) is 0 Å². The maximum absolute atomic E-state index is 7.08. The van der Waals surface area contributed by atoms with Crippen molar-refractivity contribution in [3.05, 3.63) is 188 Å². The Morgan fingerprint density at radius 1 is 0.340 bits per heavy atom. The van der Waals surface area contributed by atoms with Crippen LogP contribution in [0.2, 0.25) is 0 Å². The zero-order valence-electron chi connectivity index (χ0n) is 28.7. The van der Waals surface area contributed by atoms with Crippen LogP contribution in [0.1, 0.15) is 0 Å². The van der Waals surface area contributed by atoms with E-state index in [2.05, 4.69) is 193 Å². The molecule has 248 valence electrons. The van der Waals surface area contributed by atoms with Gasteiger partial charge in [0.15, 0.2) is 5.58 Å². The number of rotatable bonds is 5. The summed E-state index contributed by atoms with van der Waals surface area (Å²) in [7, 11) is 0. The Morgan fingerprint density at radius 2 is 0.925 bits per heavy atom. The smallest absolute Gasteiger partial charge is 0.159 e. The fourth-order valence-corrected chi connectivity index (χ4v) is 9.50. The predicted molar refractivity (Wildman–Crippen MR) is 227 cm³/mol. The molecule has 0 radical (unpaired) electrons. The van der Waals surface area contributed by atoms with Gasteiger partial charge >= 0.3 is 0 Å². The van der Waals surface area contributed by atoms with Crippen molar-refractivity contribution in [2.45, 2.75) is 0 Å². The molecule has 0 bridgehead atoms. The lowest BCUT2D eigenvalue weighted by Crippen LogP contribution is -2.11. The van der Waals surface area contributed by atoms with E-state index in [0.717, 1.165) is 50.1 Å². The van der Waals surface area contributed by atoms with E-state index >= 15 is 0 Å². The number of fused-ring (bicyclic) bond motifs is 8. The van der Waals surface area contributed by atoms with Gasteiger partial charge in [-0.15, -0.1) is 11.3 Å². The summed E-state index contributed by atoms with van der Waals surface area (Å²) in [5, 5.41) is 9.61. The number of nitrogens with zero attached hydrogens (tertiary/aromatic N) is 1. The minimum atomic E-state index is 0.867. The molecule has 0 aliphatic carbocycles. The van der Waals surface area contributed by atoms with Crippen LogP contribution in [-0.2, 0) is 0 Å². The van der Waals surface area contributed by atoms with Gasteiger partial charge in [0.05, 0.1) is 21.8 Å². The first-order valence-corrected chi connectivity index (χ1v) is 18.8. The molecule has 0 saturated carbocycles. The van der Waals surface area contributed by atoms with Gasteiger partial charge in [0.2, 0.25) is 0 Å². The van der Waals surface area contributed by atoms with E-state index in [1.807, 2.05) is 11.3 Å². The third-order valence-corrected chi connectivity index (χ3v) is 11.9. The number of benzene rings is 9. The molecule has 0 spiro atoms. The van der Waals surface area contributed by atoms with Gasteiger partial charge in [-0.3, -0.25) is 0 Å². The predicted octanol–water partition coefficient (Wildman–Crippen LogP) is 15.1. The largest absolute Gasteiger partial charge is 0.453 e. The maximum Gasteiger partial charge on any atom is 0.159 e. The molecule has 11 aromatic rings. The van der Waals surface area contributed by atoms with E-state index in [1.165, 1.54) is 52.8 Å². The number of hydrogen-bond donors (Lipinski definition) is 0. The summed E-state index contributed by atoms with van der Waals surface area (Å²) in [6.45, 7) is 0. The molecule has 2 nitrogen and oxygen atoms in total. The van der Waals surface area contributed by atoms with Crippen molar-refractivity contribution in [3.63, 3.8) is 0 Å². The van der Waals surface area contributed by atoms with E-state index < -0.39 is 0 Å². The van der Waals surface area contributed by atoms with Crippen molar-refractivity contribution in [1.82, 2.24) is 0 Å². The molecular formula is C50H31NOS. The number of para-hydroxylation sites is 2. The van der Waals surface area contributed by atoms with Crippen molar-refractivity contribution >= 4 is 92.1 Å². The first-order chi connectivity index (χ1) is 26.3. The van der Waals surface area contributed by atoms with Crippen LogP contribution in [0.3, 0.4) is 0 Å². The number of thiophene rings is 1. The molecule has 0 aliphatic rings. The Morgan fingerprint density at radius 3 is 1.79 bits per heavy atom. The highest BCUT2D eigenvalue weighted by Crippen LogP contribution is 2.50. The van der Waals surface area contributed by atoms with Crippen LogP contribution >= 0.6 is 11.3 Å². The number of hydrogen-bond acceptors (Lipinski definition) is 3. The van der Waals surface area contributed by atoms with Crippen molar-refractivity contribution in [3.8, 4) is 22.3 Å². The van der Waals surface area contributed by atoms with Crippen LogP contribution in [0.15, 0.2) is 192 Å². The summed E-state index contributed by atoms with van der Waals surface area (Å²) in [6.07, 6.45) is 0. The van der Waals surface area contributed by atoms with E-state index in [4.69, 9.17) is 4.42 Å². The highest BCUT2D eigenvalue weighted by atomic mass is 32.1. The highest BCUT2D eigenvalue weighted by Gasteiger charge is 2.25. The van der Waals surface area contributed by atoms with Crippen molar-refractivity contribution in [1.29, 1.82) is 0 Å². The molecule has 53 heavy (non-hydrogen) atoms. The lowest BCUT2D eigenvalue weighted by molar-refractivity contribution is 0.670. The van der Waals surface area contributed by atoms with Gasteiger partial charge in [-0.05, 0) is 57.1 Å². The Balaban J connectivity index is 1.23. The average Bonchev–Trinajstić information content (AvgIpc) is 3.81. The van der Waals surface area contributed by atoms with Gasteiger partial charge in [0, 0.05) is 37.2 Å². The van der Waals surface area contributed by atoms with Crippen LogP contribution in [0.4, 0.5) is 17.1 Å². The normalized spacial score (nSPS) is 11.8. The second-order valence-corrected chi connectivity index (χ2v) is 14.6. The molecule has 0 unspecified atom stereocenters. The lowest BCUT2D eigenvalue weighted by Gasteiger charge is -2.28. The Hall–Kier alpha value is -6.68. The zero-order valence-corrected chi connectivity index (χ0v) is 29.5. The second kappa shape index (κ2) is 11.9. The summed E-state index contributed by atoms with van der Waals surface area (Å²) in [4.78, 5) is 2.44. The van der Waals surface area contributed by atoms with Gasteiger partial charge in [0.25, 0.3) is 0 Å². The zero-order chi connectivity index (χ0) is 34.9. The molecule has 2 aromatic heterocycles. The average molecular weight is 694 g/mol. The number of anilines is 3. The first-order valence-electron chi connectivity index (χ1n) is 18.0.